The number of aliphatic hydroxyl groups is 2. The van der Waals surface area contributed by atoms with Gasteiger partial charge in [0, 0.05) is 6.54 Å². The van der Waals surface area contributed by atoms with Gasteiger partial charge in [0.1, 0.15) is 6.67 Å². The molecular weight excluding hydrogens is 132 g/mol. The summed E-state index contributed by atoms with van der Waals surface area (Å²) in [6.07, 6.45) is 1.42. The van der Waals surface area contributed by atoms with Crippen molar-refractivity contribution in [3.63, 3.8) is 0 Å². The highest BCUT2D eigenvalue weighted by atomic mass is 16.5. The van der Waals surface area contributed by atoms with Crippen LogP contribution in [0.5, 0.6) is 0 Å². The fourth-order valence-electron chi connectivity index (χ4n) is 1.39. The van der Waals surface area contributed by atoms with E-state index in [0.717, 1.165) is 19.4 Å². The molecule has 1 atom stereocenters. The Morgan fingerprint density at radius 1 is 1.60 bits per heavy atom. The average Bonchev–Trinajstić information content (AvgIpc) is 2.33. The van der Waals surface area contributed by atoms with Crippen molar-refractivity contribution < 1.29 is 15.9 Å². The van der Waals surface area contributed by atoms with Crippen molar-refractivity contribution in [3.8, 4) is 0 Å². The molecule has 1 fully saturated rings. The van der Waals surface area contributed by atoms with Gasteiger partial charge in [-0.3, -0.25) is 4.90 Å². The van der Waals surface area contributed by atoms with Crippen LogP contribution in [-0.4, -0.2) is 34.4 Å². The van der Waals surface area contributed by atoms with E-state index >= 15 is 0 Å². The first-order valence-corrected chi connectivity index (χ1v) is 3.53. The molecule has 0 amide bonds. The van der Waals surface area contributed by atoms with Crippen molar-refractivity contribution in [3.05, 3.63) is 6.29 Å². The molecule has 1 unspecified atom stereocenters. The maximum atomic E-state index is 8.76. The van der Waals surface area contributed by atoms with E-state index in [1.165, 1.54) is 0 Å². The summed E-state index contributed by atoms with van der Waals surface area (Å²) in [4.78, 5) is 1.95. The van der Waals surface area contributed by atoms with Gasteiger partial charge >= 0.3 is 0 Å². The highest BCUT2D eigenvalue weighted by molar-refractivity contribution is 4.87. The van der Waals surface area contributed by atoms with Crippen LogP contribution in [-0.2, 0) is 0 Å². The number of hydrogen-bond donors (Lipinski definition) is 3. The lowest BCUT2D eigenvalue weighted by Crippen LogP contribution is -2.60. The number of nitrogens with zero attached hydrogens (tertiary/aromatic N) is 1. The predicted molar refractivity (Wildman–Crippen MR) is 34.6 cm³/mol. The molecule has 60 valence electrons. The summed E-state index contributed by atoms with van der Waals surface area (Å²) in [7, 11) is 0. The van der Waals surface area contributed by atoms with E-state index in [1.54, 1.807) is 0 Å². The van der Waals surface area contributed by atoms with Crippen LogP contribution in [0.15, 0.2) is 0 Å². The van der Waals surface area contributed by atoms with Gasteiger partial charge in [0.25, 0.3) is 0 Å². The normalized spacial score (nSPS) is 28.2. The molecule has 0 aromatic rings. The molecule has 0 bridgehead atoms. The first-order chi connectivity index (χ1) is 4.75. The highest BCUT2D eigenvalue weighted by Gasteiger charge is 2.21. The maximum Gasteiger partial charge on any atom is 0.128 e. The van der Waals surface area contributed by atoms with Gasteiger partial charge in [0.2, 0.25) is 0 Å². The minimum atomic E-state index is -0.457. The lowest BCUT2D eigenvalue weighted by atomic mass is 10.2. The third-order valence-corrected chi connectivity index (χ3v) is 1.95. The second-order valence-corrected chi connectivity index (χ2v) is 2.55. The van der Waals surface area contributed by atoms with E-state index in [2.05, 4.69) is 5.73 Å². The van der Waals surface area contributed by atoms with Crippen LogP contribution in [0.4, 0.5) is 0 Å². The molecule has 4 nitrogen and oxygen atoms in total. The molecule has 0 radical (unpaired) electrons. The van der Waals surface area contributed by atoms with Crippen LogP contribution in [0.3, 0.4) is 0 Å². The quantitative estimate of drug-likeness (QED) is 0.432. The summed E-state index contributed by atoms with van der Waals surface area (Å²) in [6.45, 7) is 1.58. The van der Waals surface area contributed by atoms with E-state index in [-0.39, 0.29) is 6.04 Å². The Morgan fingerprint density at radius 3 is 2.70 bits per heavy atom. The standard InChI is InChI=1S/C6H13N2O2/c7-4-8-3-1-2-5(8)6(9)10/h5,9-10H,1-4,7H2/q-1/p+1. The van der Waals surface area contributed by atoms with E-state index in [4.69, 9.17) is 10.2 Å². The maximum absolute atomic E-state index is 8.76. The molecule has 1 rings (SSSR count). The van der Waals surface area contributed by atoms with E-state index in [0.29, 0.717) is 6.67 Å². The summed E-state index contributed by atoms with van der Waals surface area (Å²) in [5.74, 6) is 0. The SMILES string of the molecule is [NH3+]CN1CCCC1[C-](O)O. The zero-order valence-corrected chi connectivity index (χ0v) is 5.95. The van der Waals surface area contributed by atoms with Gasteiger partial charge < -0.3 is 15.9 Å². The lowest BCUT2D eigenvalue weighted by molar-refractivity contribution is -0.403. The van der Waals surface area contributed by atoms with Crippen LogP contribution < -0.4 is 5.73 Å². The molecule has 1 aliphatic heterocycles. The average molecular weight is 146 g/mol. The third kappa shape index (κ3) is 1.46. The van der Waals surface area contributed by atoms with Gasteiger partial charge in [-0.2, -0.15) is 0 Å². The molecule has 4 heteroatoms. The highest BCUT2D eigenvalue weighted by Crippen LogP contribution is 2.20. The Morgan fingerprint density at radius 2 is 2.30 bits per heavy atom. The summed E-state index contributed by atoms with van der Waals surface area (Å²) in [5.41, 5.74) is 3.69. The summed E-state index contributed by atoms with van der Waals surface area (Å²) in [6, 6.07) is -0.155. The van der Waals surface area contributed by atoms with E-state index in [9.17, 15) is 0 Å². The summed E-state index contributed by atoms with van der Waals surface area (Å²) in [5, 5.41) is 17.5. The van der Waals surface area contributed by atoms with Crippen molar-refractivity contribution >= 4 is 0 Å². The smallest absolute Gasteiger partial charge is 0.128 e. The van der Waals surface area contributed by atoms with Crippen molar-refractivity contribution in [1.82, 2.24) is 4.90 Å². The van der Waals surface area contributed by atoms with E-state index < -0.39 is 6.29 Å². The van der Waals surface area contributed by atoms with Crippen LogP contribution in [0, 0.1) is 6.29 Å². The summed E-state index contributed by atoms with van der Waals surface area (Å²) < 4.78 is 0. The molecule has 10 heavy (non-hydrogen) atoms. The second kappa shape index (κ2) is 3.30. The van der Waals surface area contributed by atoms with Crippen LogP contribution >= 0.6 is 0 Å². The fourth-order valence-corrected chi connectivity index (χ4v) is 1.39. The number of hydrogen-bond acceptors (Lipinski definition) is 3. The largest absolute Gasteiger partial charge is 0.534 e. The zero-order valence-electron chi connectivity index (χ0n) is 5.95. The Hall–Kier alpha value is -0.160. The minimum Gasteiger partial charge on any atom is -0.534 e. The van der Waals surface area contributed by atoms with Gasteiger partial charge in [0.05, 0.1) is 0 Å². The summed E-state index contributed by atoms with van der Waals surface area (Å²) >= 11 is 0. The Bertz CT molecular complexity index is 108. The lowest BCUT2D eigenvalue weighted by Gasteiger charge is -2.32. The van der Waals surface area contributed by atoms with Crippen molar-refractivity contribution in [2.75, 3.05) is 13.2 Å². The number of rotatable bonds is 2. The van der Waals surface area contributed by atoms with Crippen molar-refractivity contribution in [1.29, 1.82) is 0 Å². The molecule has 0 aromatic carbocycles. The Kier molecular flexibility index (Phi) is 2.62. The van der Waals surface area contributed by atoms with Gasteiger partial charge in [-0.25, -0.2) is 0 Å². The molecule has 0 aromatic heterocycles. The van der Waals surface area contributed by atoms with E-state index in [1.807, 2.05) is 4.90 Å². The molecule has 1 aliphatic rings. The van der Waals surface area contributed by atoms with Gasteiger partial charge in [-0.15, -0.1) is 0 Å². The molecular formula is C6H14N2O2. The van der Waals surface area contributed by atoms with Crippen LogP contribution in [0.1, 0.15) is 12.8 Å². The molecule has 5 N–H and O–H groups in total. The zero-order chi connectivity index (χ0) is 7.56. The van der Waals surface area contributed by atoms with Gasteiger partial charge in [0.15, 0.2) is 0 Å². The monoisotopic (exact) mass is 146 g/mol. The van der Waals surface area contributed by atoms with Gasteiger partial charge in [-0.05, 0) is 6.42 Å². The second-order valence-electron chi connectivity index (χ2n) is 2.55. The molecule has 0 spiro atoms. The molecule has 0 aliphatic carbocycles. The number of likely N-dealkylation sites (tertiary alicyclic amines) is 1. The Labute approximate surface area is 60.2 Å². The number of aliphatic hydroxyl groups excluding tert-OH is 1. The minimum absolute atomic E-state index is 0.155. The molecule has 1 heterocycles. The first kappa shape index (κ1) is 7.94. The van der Waals surface area contributed by atoms with Crippen molar-refractivity contribution in [2.45, 2.75) is 18.9 Å². The fraction of sp³-hybridized carbons (Fsp3) is 0.833. The molecule has 1 saturated heterocycles. The Balaban J connectivity index is 2.42. The topological polar surface area (TPSA) is 71.3 Å². The van der Waals surface area contributed by atoms with Crippen LogP contribution in [0.2, 0.25) is 0 Å². The molecule has 0 saturated carbocycles. The number of quaternary nitrogens is 1. The first-order valence-electron chi connectivity index (χ1n) is 3.53. The predicted octanol–water partition coefficient (Wildman–Crippen LogP) is -1.12. The van der Waals surface area contributed by atoms with Gasteiger partial charge in [-0.1, -0.05) is 18.8 Å². The van der Waals surface area contributed by atoms with Crippen LogP contribution in [0.25, 0.3) is 0 Å². The third-order valence-electron chi connectivity index (χ3n) is 1.95. The van der Waals surface area contributed by atoms with Crippen molar-refractivity contribution in [2.24, 2.45) is 0 Å².